The number of benzene rings is 3. The van der Waals surface area contributed by atoms with Gasteiger partial charge in [0.15, 0.2) is 0 Å². The summed E-state index contributed by atoms with van der Waals surface area (Å²) < 4.78 is 31.1. The predicted molar refractivity (Wildman–Crippen MR) is 105 cm³/mol. The van der Waals surface area contributed by atoms with Crippen LogP contribution in [0.5, 0.6) is 11.5 Å². The number of ether oxygens (including phenoxy) is 1. The second kappa shape index (κ2) is 8.09. The normalized spacial score (nSPS) is 11.6. The average molecular weight is 396 g/mol. The third kappa shape index (κ3) is 4.56. The van der Waals surface area contributed by atoms with Gasteiger partial charge in [0.25, 0.3) is 0 Å². The Morgan fingerprint density at radius 2 is 1.59 bits per heavy atom. The van der Waals surface area contributed by atoms with Crippen molar-refractivity contribution in [2.45, 2.75) is 4.90 Å². The van der Waals surface area contributed by atoms with Crippen molar-refractivity contribution in [3.63, 3.8) is 0 Å². The van der Waals surface area contributed by atoms with Crippen LogP contribution in [0.4, 0.5) is 0 Å². The molecule has 27 heavy (non-hydrogen) atoms. The largest absolute Gasteiger partial charge is 0.457 e. The minimum absolute atomic E-state index is 0.0105. The van der Waals surface area contributed by atoms with Crippen molar-refractivity contribution in [1.29, 1.82) is 5.26 Å². The molecule has 0 saturated carbocycles. The highest BCUT2D eigenvalue weighted by Gasteiger charge is 2.20. The summed E-state index contributed by atoms with van der Waals surface area (Å²) in [6.45, 7) is 0. The molecule has 0 atom stereocenters. The van der Waals surface area contributed by atoms with Crippen molar-refractivity contribution in [3.8, 4) is 17.6 Å². The lowest BCUT2D eigenvalue weighted by Gasteiger charge is -2.07. The second-order valence-corrected chi connectivity index (χ2v) is 7.92. The van der Waals surface area contributed by atoms with Gasteiger partial charge in [-0.05, 0) is 60.2 Å². The maximum atomic E-state index is 12.7. The lowest BCUT2D eigenvalue weighted by molar-refractivity contribution is 0.482. The number of rotatable bonds is 5. The molecule has 0 aliphatic rings. The molecule has 0 aliphatic heterocycles. The molecular weight excluding hydrogens is 382 g/mol. The van der Waals surface area contributed by atoms with E-state index in [2.05, 4.69) is 0 Å². The zero-order valence-corrected chi connectivity index (χ0v) is 15.6. The Morgan fingerprint density at radius 1 is 0.926 bits per heavy atom. The summed E-state index contributed by atoms with van der Waals surface area (Å²) in [5.74, 6) is 1.20. The topological polar surface area (TPSA) is 67.2 Å². The lowest BCUT2D eigenvalue weighted by atomic mass is 10.2. The van der Waals surface area contributed by atoms with E-state index in [1.165, 1.54) is 30.3 Å². The van der Waals surface area contributed by atoms with Crippen molar-refractivity contribution in [2.75, 3.05) is 0 Å². The molecule has 4 nitrogen and oxygen atoms in total. The molecule has 3 aromatic carbocycles. The standard InChI is InChI=1S/C21H14ClNO3S/c22-17-9-11-20(12-10-17)27(24,25)21(15-23)14-16-5-4-8-19(13-16)26-18-6-2-1-3-7-18/h1-14H. The van der Waals surface area contributed by atoms with Gasteiger partial charge in [-0.3, -0.25) is 0 Å². The van der Waals surface area contributed by atoms with Gasteiger partial charge >= 0.3 is 0 Å². The van der Waals surface area contributed by atoms with Crippen LogP contribution in [-0.2, 0) is 9.84 Å². The number of halogens is 1. The average Bonchev–Trinajstić information content (AvgIpc) is 2.67. The molecule has 3 aromatic rings. The molecule has 0 fully saturated rings. The zero-order valence-electron chi connectivity index (χ0n) is 14.0. The molecule has 0 heterocycles. The SMILES string of the molecule is N#CC(=Cc1cccc(Oc2ccccc2)c1)S(=O)(=O)c1ccc(Cl)cc1. The van der Waals surface area contributed by atoms with Gasteiger partial charge in [0.05, 0.1) is 4.90 Å². The van der Waals surface area contributed by atoms with Gasteiger partial charge in [-0.2, -0.15) is 5.26 Å². The van der Waals surface area contributed by atoms with Crippen LogP contribution >= 0.6 is 11.6 Å². The van der Waals surface area contributed by atoms with Gasteiger partial charge in [0.2, 0.25) is 9.84 Å². The molecule has 0 aliphatic carbocycles. The van der Waals surface area contributed by atoms with Crippen LogP contribution in [0.1, 0.15) is 5.56 Å². The molecule has 6 heteroatoms. The summed E-state index contributed by atoms with van der Waals surface area (Å²) in [7, 11) is -3.94. The van der Waals surface area contributed by atoms with E-state index in [9.17, 15) is 13.7 Å². The van der Waals surface area contributed by atoms with Crippen molar-refractivity contribution in [2.24, 2.45) is 0 Å². The number of nitriles is 1. The smallest absolute Gasteiger partial charge is 0.216 e. The number of allylic oxidation sites excluding steroid dienone is 1. The van der Waals surface area contributed by atoms with Gasteiger partial charge in [0.1, 0.15) is 22.5 Å². The molecule has 0 bridgehead atoms. The molecular formula is C21H14ClNO3S. The molecule has 0 spiro atoms. The summed E-state index contributed by atoms with van der Waals surface area (Å²) in [6, 6.07) is 23.5. The van der Waals surface area contributed by atoms with E-state index < -0.39 is 9.84 Å². The summed E-state index contributed by atoms with van der Waals surface area (Å²) in [5, 5.41) is 9.81. The van der Waals surface area contributed by atoms with Crippen LogP contribution in [0.25, 0.3) is 6.08 Å². The summed E-state index contributed by atoms with van der Waals surface area (Å²) in [5.41, 5.74) is 0.539. The van der Waals surface area contributed by atoms with Crippen molar-refractivity contribution in [3.05, 3.63) is 94.4 Å². The minimum atomic E-state index is -3.94. The first kappa shape index (κ1) is 18.7. The summed E-state index contributed by atoms with van der Waals surface area (Å²) in [4.78, 5) is -0.349. The molecule has 134 valence electrons. The quantitative estimate of drug-likeness (QED) is 0.537. The molecule has 0 amide bonds. The minimum Gasteiger partial charge on any atom is -0.457 e. The summed E-state index contributed by atoms with van der Waals surface area (Å²) >= 11 is 5.80. The van der Waals surface area contributed by atoms with E-state index in [1.54, 1.807) is 30.3 Å². The number of hydrogen-bond donors (Lipinski definition) is 0. The third-order valence-electron chi connectivity index (χ3n) is 3.66. The monoisotopic (exact) mass is 395 g/mol. The highest BCUT2D eigenvalue weighted by atomic mass is 35.5. The number of para-hydroxylation sites is 1. The first-order valence-electron chi connectivity index (χ1n) is 7.94. The van der Waals surface area contributed by atoms with E-state index in [0.29, 0.717) is 22.1 Å². The molecule has 0 saturated heterocycles. The fourth-order valence-corrected chi connectivity index (χ4v) is 3.64. The van der Waals surface area contributed by atoms with E-state index in [1.807, 2.05) is 30.3 Å². The Balaban J connectivity index is 1.93. The Hall–Kier alpha value is -3.07. The Bertz CT molecular complexity index is 1120. The number of nitrogens with zero attached hydrogens (tertiary/aromatic N) is 1. The van der Waals surface area contributed by atoms with Gasteiger partial charge < -0.3 is 4.74 Å². The zero-order chi connectivity index (χ0) is 19.3. The van der Waals surface area contributed by atoms with Crippen molar-refractivity contribution in [1.82, 2.24) is 0 Å². The Morgan fingerprint density at radius 3 is 2.26 bits per heavy atom. The predicted octanol–water partition coefficient (Wildman–Crippen LogP) is 5.47. The van der Waals surface area contributed by atoms with Crippen molar-refractivity contribution < 1.29 is 13.2 Å². The Kier molecular flexibility index (Phi) is 5.60. The molecule has 0 unspecified atom stereocenters. The third-order valence-corrected chi connectivity index (χ3v) is 5.59. The lowest BCUT2D eigenvalue weighted by Crippen LogP contribution is -2.03. The number of hydrogen-bond acceptors (Lipinski definition) is 4. The van der Waals surface area contributed by atoms with Crippen LogP contribution in [0.15, 0.2) is 88.7 Å². The second-order valence-electron chi connectivity index (χ2n) is 5.57. The molecule has 0 radical (unpaired) electrons. The fraction of sp³-hybridized carbons (Fsp3) is 0. The summed E-state index contributed by atoms with van der Waals surface area (Å²) in [6.07, 6.45) is 1.32. The van der Waals surface area contributed by atoms with Crippen LogP contribution in [0.3, 0.4) is 0 Å². The van der Waals surface area contributed by atoms with Gasteiger partial charge in [-0.1, -0.05) is 41.9 Å². The van der Waals surface area contributed by atoms with Crippen LogP contribution in [-0.4, -0.2) is 8.42 Å². The van der Waals surface area contributed by atoms with E-state index in [0.717, 1.165) is 0 Å². The highest BCUT2D eigenvalue weighted by molar-refractivity contribution is 7.95. The van der Waals surface area contributed by atoms with E-state index >= 15 is 0 Å². The van der Waals surface area contributed by atoms with Gasteiger partial charge in [0, 0.05) is 5.02 Å². The number of sulfone groups is 1. The highest BCUT2D eigenvalue weighted by Crippen LogP contribution is 2.26. The molecule has 3 rings (SSSR count). The van der Waals surface area contributed by atoms with Gasteiger partial charge in [-0.25, -0.2) is 8.42 Å². The van der Waals surface area contributed by atoms with Crippen LogP contribution in [0.2, 0.25) is 5.02 Å². The van der Waals surface area contributed by atoms with E-state index in [4.69, 9.17) is 16.3 Å². The first-order valence-corrected chi connectivity index (χ1v) is 9.80. The maximum Gasteiger partial charge on any atom is 0.216 e. The fourth-order valence-electron chi connectivity index (χ4n) is 2.35. The molecule has 0 N–H and O–H groups in total. The Labute approximate surface area is 162 Å². The maximum absolute atomic E-state index is 12.7. The van der Waals surface area contributed by atoms with Crippen LogP contribution < -0.4 is 4.74 Å². The molecule has 0 aromatic heterocycles. The van der Waals surface area contributed by atoms with E-state index in [-0.39, 0.29) is 9.80 Å². The van der Waals surface area contributed by atoms with Gasteiger partial charge in [-0.15, -0.1) is 0 Å². The van der Waals surface area contributed by atoms with Crippen LogP contribution in [0, 0.1) is 11.3 Å². The van der Waals surface area contributed by atoms with Crippen molar-refractivity contribution >= 4 is 27.5 Å². The first-order chi connectivity index (χ1) is 13.0.